The highest BCUT2D eigenvalue weighted by Crippen LogP contribution is 2.60. The van der Waals surface area contributed by atoms with Gasteiger partial charge >= 0.3 is 0 Å². The summed E-state index contributed by atoms with van der Waals surface area (Å²) < 4.78 is 5.21. The van der Waals surface area contributed by atoms with Crippen LogP contribution in [0.25, 0.3) is 10.9 Å². The van der Waals surface area contributed by atoms with Crippen LogP contribution in [0.2, 0.25) is 0 Å². The monoisotopic (exact) mass is 412 g/mol. The maximum Gasteiger partial charge on any atom is 0.274 e. The Labute approximate surface area is 183 Å². The van der Waals surface area contributed by atoms with E-state index in [-0.39, 0.29) is 5.91 Å². The van der Waals surface area contributed by atoms with Crippen LogP contribution in [0.15, 0.2) is 54.6 Å². The second-order valence-corrected chi connectivity index (χ2v) is 9.75. The van der Waals surface area contributed by atoms with Gasteiger partial charge in [-0.2, -0.15) is 0 Å². The number of rotatable bonds is 4. The first-order valence-corrected chi connectivity index (χ1v) is 11.5. The summed E-state index contributed by atoms with van der Waals surface area (Å²) in [6.07, 6.45) is 6.90. The van der Waals surface area contributed by atoms with Crippen molar-refractivity contribution in [1.29, 1.82) is 0 Å². The molecule has 4 aliphatic carbocycles. The molecule has 2 aromatic carbocycles. The zero-order valence-corrected chi connectivity index (χ0v) is 17.9. The predicted octanol–water partition coefficient (Wildman–Crippen LogP) is 6.04. The summed E-state index contributed by atoms with van der Waals surface area (Å²) in [4.78, 5) is 17.9. The van der Waals surface area contributed by atoms with Crippen molar-refractivity contribution in [3.05, 3.63) is 65.9 Å². The number of anilines is 1. The van der Waals surface area contributed by atoms with Gasteiger partial charge in [0.25, 0.3) is 5.91 Å². The maximum atomic E-state index is 13.1. The molecule has 1 heterocycles. The zero-order valence-electron chi connectivity index (χ0n) is 17.9. The number of pyridine rings is 1. The Morgan fingerprint density at radius 2 is 1.61 bits per heavy atom. The highest BCUT2D eigenvalue weighted by molar-refractivity contribution is 6.04. The summed E-state index contributed by atoms with van der Waals surface area (Å²) in [5, 5.41) is 4.24. The van der Waals surface area contributed by atoms with Crippen LogP contribution in [-0.2, 0) is 0 Å². The van der Waals surface area contributed by atoms with E-state index in [1.807, 2.05) is 36.4 Å². The molecule has 4 fully saturated rings. The van der Waals surface area contributed by atoms with Crippen LogP contribution in [0.1, 0.15) is 54.1 Å². The first-order valence-electron chi connectivity index (χ1n) is 11.5. The fourth-order valence-electron chi connectivity index (χ4n) is 6.90. The molecule has 0 spiro atoms. The molecule has 4 bridgehead atoms. The number of amides is 1. The summed E-state index contributed by atoms with van der Waals surface area (Å²) in [5.41, 5.74) is 3.53. The van der Waals surface area contributed by atoms with Crippen LogP contribution in [0.4, 0.5) is 5.69 Å². The van der Waals surface area contributed by atoms with E-state index in [9.17, 15) is 4.79 Å². The number of hydrogen-bond donors (Lipinski definition) is 1. The summed E-state index contributed by atoms with van der Waals surface area (Å²) in [5.74, 6) is 4.58. The summed E-state index contributed by atoms with van der Waals surface area (Å²) in [7, 11) is 1.64. The van der Waals surface area contributed by atoms with E-state index in [1.54, 1.807) is 7.11 Å². The topological polar surface area (TPSA) is 51.2 Å². The SMILES string of the molecule is COc1ccc(NC(=O)c2cc(C3C4CC5CC(C4)CC3C5)c3ccccc3n2)cc1. The third-order valence-electron chi connectivity index (χ3n) is 7.91. The van der Waals surface area contributed by atoms with Gasteiger partial charge in [-0.15, -0.1) is 0 Å². The van der Waals surface area contributed by atoms with Crippen LogP contribution in [-0.4, -0.2) is 18.0 Å². The van der Waals surface area contributed by atoms with Crippen LogP contribution >= 0.6 is 0 Å². The Morgan fingerprint density at radius 3 is 2.29 bits per heavy atom. The number of benzene rings is 2. The van der Waals surface area contributed by atoms with E-state index >= 15 is 0 Å². The van der Waals surface area contributed by atoms with E-state index in [0.717, 1.165) is 40.6 Å². The zero-order chi connectivity index (χ0) is 20.9. The average molecular weight is 413 g/mol. The van der Waals surface area contributed by atoms with Crippen LogP contribution in [0.3, 0.4) is 0 Å². The van der Waals surface area contributed by atoms with Crippen molar-refractivity contribution >= 4 is 22.5 Å². The largest absolute Gasteiger partial charge is 0.497 e. The lowest BCUT2D eigenvalue weighted by atomic mass is 9.50. The molecule has 158 valence electrons. The number of para-hydroxylation sites is 1. The Balaban J connectivity index is 1.37. The lowest BCUT2D eigenvalue weighted by Gasteiger charge is -2.54. The van der Waals surface area contributed by atoms with Gasteiger partial charge in [-0.1, -0.05) is 18.2 Å². The molecule has 3 aromatic rings. The van der Waals surface area contributed by atoms with E-state index in [0.29, 0.717) is 11.6 Å². The molecule has 4 heteroatoms. The highest BCUT2D eigenvalue weighted by Gasteiger charge is 2.49. The Hall–Kier alpha value is -2.88. The number of carbonyl (C=O) groups is 1. The summed E-state index contributed by atoms with van der Waals surface area (Å²) in [6, 6.07) is 17.8. The molecular weight excluding hydrogens is 384 g/mol. The number of hydrogen-bond acceptors (Lipinski definition) is 3. The van der Waals surface area contributed by atoms with Crippen LogP contribution in [0, 0.1) is 23.7 Å². The van der Waals surface area contributed by atoms with E-state index in [1.165, 1.54) is 43.1 Å². The third-order valence-corrected chi connectivity index (χ3v) is 7.91. The van der Waals surface area contributed by atoms with Gasteiger partial charge in [-0.05, 0) is 104 Å². The number of nitrogens with one attached hydrogen (secondary N) is 1. The van der Waals surface area contributed by atoms with Crippen molar-refractivity contribution in [3.63, 3.8) is 0 Å². The Kier molecular flexibility index (Phi) is 4.48. The molecular formula is C27H28N2O2. The molecule has 0 aliphatic heterocycles. The summed E-state index contributed by atoms with van der Waals surface area (Å²) in [6.45, 7) is 0. The predicted molar refractivity (Wildman–Crippen MR) is 122 cm³/mol. The summed E-state index contributed by atoms with van der Waals surface area (Å²) >= 11 is 0. The number of ether oxygens (including phenoxy) is 1. The number of methoxy groups -OCH3 is 1. The Bertz CT molecular complexity index is 1110. The van der Waals surface area contributed by atoms with Crippen LogP contribution < -0.4 is 10.1 Å². The number of carbonyl (C=O) groups excluding carboxylic acids is 1. The van der Waals surface area contributed by atoms with Crippen LogP contribution in [0.5, 0.6) is 5.75 Å². The Morgan fingerprint density at radius 1 is 0.935 bits per heavy atom. The fourth-order valence-corrected chi connectivity index (χ4v) is 6.90. The van der Waals surface area contributed by atoms with Gasteiger partial charge in [-0.3, -0.25) is 4.79 Å². The molecule has 0 saturated heterocycles. The standard InChI is InChI=1S/C27H28N2O2/c1-31-21-8-6-20(7-9-21)28-27(30)25-15-23(22-4-2-3-5-24(22)29-25)26-18-11-16-10-17(13-18)14-19(26)12-16/h2-9,15-19,26H,10-14H2,1H3,(H,28,30). The normalized spacial score (nSPS) is 28.6. The smallest absolute Gasteiger partial charge is 0.274 e. The van der Waals surface area contributed by atoms with Gasteiger partial charge in [0, 0.05) is 11.1 Å². The molecule has 1 N–H and O–H groups in total. The molecule has 0 radical (unpaired) electrons. The van der Waals surface area contributed by atoms with Crippen molar-refractivity contribution in [2.45, 2.75) is 38.0 Å². The van der Waals surface area contributed by atoms with E-state index in [2.05, 4.69) is 23.5 Å². The fraction of sp³-hybridized carbons (Fsp3) is 0.407. The van der Waals surface area contributed by atoms with Crippen molar-refractivity contribution < 1.29 is 9.53 Å². The maximum absolute atomic E-state index is 13.1. The van der Waals surface area contributed by atoms with Gasteiger partial charge in [0.15, 0.2) is 0 Å². The highest BCUT2D eigenvalue weighted by atomic mass is 16.5. The van der Waals surface area contributed by atoms with E-state index < -0.39 is 0 Å². The molecule has 0 atom stereocenters. The molecule has 4 saturated carbocycles. The minimum atomic E-state index is -0.152. The first kappa shape index (κ1) is 18.9. The van der Waals surface area contributed by atoms with Crippen molar-refractivity contribution in [1.82, 2.24) is 4.98 Å². The minimum Gasteiger partial charge on any atom is -0.497 e. The van der Waals surface area contributed by atoms with Crippen molar-refractivity contribution in [2.75, 3.05) is 12.4 Å². The van der Waals surface area contributed by atoms with Gasteiger partial charge in [-0.25, -0.2) is 4.98 Å². The number of nitrogens with zero attached hydrogens (tertiary/aromatic N) is 1. The molecule has 0 unspecified atom stereocenters. The molecule has 31 heavy (non-hydrogen) atoms. The van der Waals surface area contributed by atoms with E-state index in [4.69, 9.17) is 9.72 Å². The molecule has 1 amide bonds. The molecule has 1 aromatic heterocycles. The van der Waals surface area contributed by atoms with Gasteiger partial charge < -0.3 is 10.1 Å². The second kappa shape index (κ2) is 7.37. The lowest BCUT2D eigenvalue weighted by molar-refractivity contribution is -0.00234. The van der Waals surface area contributed by atoms with Crippen molar-refractivity contribution in [3.8, 4) is 5.75 Å². The third kappa shape index (κ3) is 3.29. The van der Waals surface area contributed by atoms with Crippen molar-refractivity contribution in [2.24, 2.45) is 23.7 Å². The number of fused-ring (bicyclic) bond motifs is 1. The number of aromatic nitrogens is 1. The van der Waals surface area contributed by atoms with Gasteiger partial charge in [0.2, 0.25) is 0 Å². The van der Waals surface area contributed by atoms with Gasteiger partial charge in [0.1, 0.15) is 11.4 Å². The minimum absolute atomic E-state index is 0.152. The first-order chi connectivity index (χ1) is 15.2. The molecule has 7 rings (SSSR count). The average Bonchev–Trinajstić information content (AvgIpc) is 2.78. The van der Waals surface area contributed by atoms with Gasteiger partial charge in [0.05, 0.1) is 12.6 Å². The lowest BCUT2D eigenvalue weighted by Crippen LogP contribution is -2.43. The molecule has 4 nitrogen and oxygen atoms in total. The quantitative estimate of drug-likeness (QED) is 0.569. The second-order valence-electron chi connectivity index (χ2n) is 9.75. The molecule has 4 aliphatic rings.